The summed E-state index contributed by atoms with van der Waals surface area (Å²) in [4.78, 5) is 11.2. The van der Waals surface area contributed by atoms with Gasteiger partial charge in [0.15, 0.2) is 0 Å². The molecule has 92 valence electrons. The first-order valence-corrected chi connectivity index (χ1v) is 6.14. The molecule has 0 radical (unpaired) electrons. The number of carboxylic acids is 1. The maximum atomic E-state index is 13.2. The molecular formula is C13H7BrClFO2. The normalized spacial score (nSPS) is 10.4. The lowest BCUT2D eigenvalue weighted by Gasteiger charge is -2.09. The second kappa shape index (κ2) is 5.08. The molecule has 0 saturated carbocycles. The van der Waals surface area contributed by atoms with Crippen molar-refractivity contribution in [1.82, 2.24) is 0 Å². The zero-order valence-electron chi connectivity index (χ0n) is 8.95. The Bertz CT molecular complexity index is 628. The molecule has 5 heteroatoms. The van der Waals surface area contributed by atoms with Gasteiger partial charge in [0.05, 0.1) is 5.56 Å². The average Bonchev–Trinajstić information content (AvgIpc) is 2.32. The number of hydrogen-bond acceptors (Lipinski definition) is 1. The molecule has 0 heterocycles. The first-order chi connectivity index (χ1) is 8.49. The van der Waals surface area contributed by atoms with Gasteiger partial charge in [-0.1, -0.05) is 33.6 Å². The third kappa shape index (κ3) is 2.54. The summed E-state index contributed by atoms with van der Waals surface area (Å²) in [5.74, 6) is -1.56. The van der Waals surface area contributed by atoms with E-state index in [1.165, 1.54) is 24.3 Å². The molecule has 0 amide bonds. The SMILES string of the molecule is O=C(O)c1cc(Br)ccc1-c1cc(F)ccc1Cl. The highest BCUT2D eigenvalue weighted by atomic mass is 79.9. The Kier molecular flexibility index (Phi) is 3.68. The third-order valence-corrected chi connectivity index (χ3v) is 3.25. The van der Waals surface area contributed by atoms with E-state index in [1.807, 2.05) is 0 Å². The van der Waals surface area contributed by atoms with E-state index in [0.29, 0.717) is 20.6 Å². The van der Waals surface area contributed by atoms with Crippen LogP contribution in [-0.2, 0) is 0 Å². The molecule has 1 N–H and O–H groups in total. The predicted octanol–water partition coefficient (Wildman–Crippen LogP) is 4.61. The Morgan fingerprint density at radius 1 is 1.17 bits per heavy atom. The topological polar surface area (TPSA) is 37.3 Å². The molecule has 18 heavy (non-hydrogen) atoms. The van der Waals surface area contributed by atoms with Crippen LogP contribution in [0.3, 0.4) is 0 Å². The van der Waals surface area contributed by atoms with Crippen molar-refractivity contribution in [2.24, 2.45) is 0 Å². The van der Waals surface area contributed by atoms with Crippen LogP contribution in [0.15, 0.2) is 40.9 Å². The molecule has 0 spiro atoms. The fraction of sp³-hybridized carbons (Fsp3) is 0. The van der Waals surface area contributed by atoms with Gasteiger partial charge in [0.2, 0.25) is 0 Å². The van der Waals surface area contributed by atoms with Gasteiger partial charge in [-0.2, -0.15) is 0 Å². The number of halogens is 3. The summed E-state index contributed by atoms with van der Waals surface area (Å²) in [6.07, 6.45) is 0. The minimum absolute atomic E-state index is 0.0666. The Labute approximate surface area is 116 Å². The number of aromatic carboxylic acids is 1. The van der Waals surface area contributed by atoms with E-state index in [-0.39, 0.29) is 5.56 Å². The molecule has 0 unspecified atom stereocenters. The van der Waals surface area contributed by atoms with Crippen molar-refractivity contribution in [3.8, 4) is 11.1 Å². The van der Waals surface area contributed by atoms with Crippen LogP contribution in [0.4, 0.5) is 4.39 Å². The molecule has 0 aliphatic heterocycles. The van der Waals surface area contributed by atoms with Crippen LogP contribution < -0.4 is 0 Å². The van der Waals surface area contributed by atoms with Crippen LogP contribution in [0.5, 0.6) is 0 Å². The Balaban J connectivity index is 2.70. The molecule has 2 rings (SSSR count). The predicted molar refractivity (Wildman–Crippen MR) is 71.5 cm³/mol. The van der Waals surface area contributed by atoms with Crippen LogP contribution in [0.25, 0.3) is 11.1 Å². The van der Waals surface area contributed by atoms with E-state index in [4.69, 9.17) is 16.7 Å². The second-order valence-electron chi connectivity index (χ2n) is 3.62. The van der Waals surface area contributed by atoms with Crippen molar-refractivity contribution < 1.29 is 14.3 Å². The molecule has 0 aromatic heterocycles. The Morgan fingerprint density at radius 3 is 2.56 bits per heavy atom. The van der Waals surface area contributed by atoms with Gasteiger partial charge in [-0.05, 0) is 35.9 Å². The Morgan fingerprint density at radius 2 is 1.89 bits per heavy atom. The molecule has 2 nitrogen and oxygen atoms in total. The van der Waals surface area contributed by atoms with Crippen molar-refractivity contribution >= 4 is 33.5 Å². The summed E-state index contributed by atoms with van der Waals surface area (Å²) in [6.45, 7) is 0. The fourth-order valence-corrected chi connectivity index (χ4v) is 2.21. The molecule has 0 aliphatic rings. The minimum Gasteiger partial charge on any atom is -0.478 e. The van der Waals surface area contributed by atoms with E-state index in [0.717, 1.165) is 0 Å². The van der Waals surface area contributed by atoms with E-state index < -0.39 is 11.8 Å². The molecule has 2 aromatic rings. The first kappa shape index (κ1) is 13.1. The van der Waals surface area contributed by atoms with E-state index in [2.05, 4.69) is 15.9 Å². The second-order valence-corrected chi connectivity index (χ2v) is 4.94. The van der Waals surface area contributed by atoms with Crippen LogP contribution in [0.2, 0.25) is 5.02 Å². The Hall–Kier alpha value is -1.39. The van der Waals surface area contributed by atoms with Gasteiger partial charge in [-0.25, -0.2) is 9.18 Å². The monoisotopic (exact) mass is 328 g/mol. The molecule has 0 fully saturated rings. The molecule has 0 saturated heterocycles. The van der Waals surface area contributed by atoms with Crippen molar-refractivity contribution in [3.05, 3.63) is 57.3 Å². The molecular weight excluding hydrogens is 322 g/mol. The van der Waals surface area contributed by atoms with Crippen molar-refractivity contribution in [1.29, 1.82) is 0 Å². The zero-order chi connectivity index (χ0) is 13.3. The highest BCUT2D eigenvalue weighted by molar-refractivity contribution is 9.10. The standard InChI is InChI=1S/C13H7BrClFO2/c14-7-1-3-9(11(5-7)13(17)18)10-6-8(16)2-4-12(10)15/h1-6H,(H,17,18). The lowest BCUT2D eigenvalue weighted by atomic mass is 9.99. The minimum atomic E-state index is -1.09. The summed E-state index contributed by atoms with van der Waals surface area (Å²) in [5.41, 5.74) is 0.814. The van der Waals surface area contributed by atoms with Crippen molar-refractivity contribution in [3.63, 3.8) is 0 Å². The lowest BCUT2D eigenvalue weighted by molar-refractivity contribution is 0.0697. The van der Waals surface area contributed by atoms with Gasteiger partial charge in [-0.15, -0.1) is 0 Å². The van der Waals surface area contributed by atoms with Crippen LogP contribution >= 0.6 is 27.5 Å². The quantitative estimate of drug-likeness (QED) is 0.874. The van der Waals surface area contributed by atoms with Crippen LogP contribution in [0, 0.1) is 5.82 Å². The van der Waals surface area contributed by atoms with Crippen LogP contribution in [0.1, 0.15) is 10.4 Å². The van der Waals surface area contributed by atoms with Gasteiger partial charge < -0.3 is 5.11 Å². The maximum absolute atomic E-state index is 13.2. The largest absolute Gasteiger partial charge is 0.478 e. The fourth-order valence-electron chi connectivity index (χ4n) is 1.63. The number of rotatable bonds is 2. The van der Waals surface area contributed by atoms with Crippen molar-refractivity contribution in [2.75, 3.05) is 0 Å². The highest BCUT2D eigenvalue weighted by Gasteiger charge is 2.15. The maximum Gasteiger partial charge on any atom is 0.336 e. The summed E-state index contributed by atoms with van der Waals surface area (Å²) < 4.78 is 13.9. The van der Waals surface area contributed by atoms with E-state index >= 15 is 0 Å². The summed E-state index contributed by atoms with van der Waals surface area (Å²) >= 11 is 9.18. The van der Waals surface area contributed by atoms with Gasteiger partial charge >= 0.3 is 5.97 Å². The van der Waals surface area contributed by atoms with Crippen LogP contribution in [-0.4, -0.2) is 11.1 Å². The first-order valence-electron chi connectivity index (χ1n) is 4.97. The van der Waals surface area contributed by atoms with E-state index in [9.17, 15) is 9.18 Å². The lowest BCUT2D eigenvalue weighted by Crippen LogP contribution is -2.00. The smallest absolute Gasteiger partial charge is 0.336 e. The summed E-state index contributed by atoms with van der Waals surface area (Å²) in [7, 11) is 0. The van der Waals surface area contributed by atoms with Gasteiger partial charge in [-0.3, -0.25) is 0 Å². The van der Waals surface area contributed by atoms with Gasteiger partial charge in [0.25, 0.3) is 0 Å². The highest BCUT2D eigenvalue weighted by Crippen LogP contribution is 2.32. The van der Waals surface area contributed by atoms with Gasteiger partial charge in [0.1, 0.15) is 5.82 Å². The number of carboxylic acid groups (broad SMARTS) is 1. The van der Waals surface area contributed by atoms with Crippen molar-refractivity contribution in [2.45, 2.75) is 0 Å². The molecule has 0 aliphatic carbocycles. The average molecular weight is 330 g/mol. The molecule has 0 bridgehead atoms. The van der Waals surface area contributed by atoms with Gasteiger partial charge in [0, 0.05) is 15.1 Å². The third-order valence-electron chi connectivity index (χ3n) is 2.43. The summed E-state index contributed by atoms with van der Waals surface area (Å²) in [5, 5.41) is 9.46. The zero-order valence-corrected chi connectivity index (χ0v) is 11.3. The molecule has 2 aromatic carbocycles. The van der Waals surface area contributed by atoms with E-state index in [1.54, 1.807) is 12.1 Å². The number of benzene rings is 2. The summed E-state index contributed by atoms with van der Waals surface area (Å²) in [6, 6.07) is 8.58. The number of hydrogen-bond donors (Lipinski definition) is 1. The number of carbonyl (C=O) groups is 1. The molecule has 0 atom stereocenters.